The molecular formula is C17H19NO2. The number of nitrogens with one attached hydrogen (secondary N) is 1. The van der Waals surface area contributed by atoms with E-state index in [1.54, 1.807) is 0 Å². The van der Waals surface area contributed by atoms with E-state index in [0.29, 0.717) is 6.61 Å². The van der Waals surface area contributed by atoms with Gasteiger partial charge in [-0.3, -0.25) is 0 Å². The standard InChI is InChI=1S/C17H19NO2/c1-3-20-17(19)16(14-11-9-13(2)10-12-14)18-15-7-5-4-6-8-15/h4-12,16,18H,3H2,1-2H3. The fourth-order valence-electron chi connectivity index (χ4n) is 1.96. The predicted molar refractivity (Wildman–Crippen MR) is 80.6 cm³/mol. The summed E-state index contributed by atoms with van der Waals surface area (Å²) in [5, 5.41) is 3.22. The maximum atomic E-state index is 12.1. The average Bonchev–Trinajstić information content (AvgIpc) is 2.47. The molecule has 3 heteroatoms. The number of aryl methyl sites for hydroxylation is 1. The molecule has 3 nitrogen and oxygen atoms in total. The Labute approximate surface area is 119 Å². The van der Waals surface area contributed by atoms with Crippen LogP contribution in [-0.4, -0.2) is 12.6 Å². The molecule has 0 aliphatic heterocycles. The van der Waals surface area contributed by atoms with E-state index in [0.717, 1.165) is 16.8 Å². The molecule has 2 aromatic rings. The van der Waals surface area contributed by atoms with Gasteiger partial charge in [0.1, 0.15) is 0 Å². The van der Waals surface area contributed by atoms with Crippen LogP contribution in [0.15, 0.2) is 54.6 Å². The van der Waals surface area contributed by atoms with Gasteiger partial charge in [0.2, 0.25) is 0 Å². The van der Waals surface area contributed by atoms with E-state index in [4.69, 9.17) is 4.74 Å². The zero-order valence-corrected chi connectivity index (χ0v) is 11.8. The highest BCUT2D eigenvalue weighted by Crippen LogP contribution is 2.21. The topological polar surface area (TPSA) is 38.3 Å². The lowest BCUT2D eigenvalue weighted by Gasteiger charge is -2.19. The van der Waals surface area contributed by atoms with Gasteiger partial charge in [-0.2, -0.15) is 0 Å². The first-order valence-electron chi connectivity index (χ1n) is 6.75. The first-order chi connectivity index (χ1) is 9.70. The highest BCUT2D eigenvalue weighted by Gasteiger charge is 2.21. The number of rotatable bonds is 5. The van der Waals surface area contributed by atoms with Gasteiger partial charge in [0.25, 0.3) is 0 Å². The minimum Gasteiger partial charge on any atom is -0.464 e. The second-order valence-electron chi connectivity index (χ2n) is 4.61. The van der Waals surface area contributed by atoms with Gasteiger partial charge in [-0.25, -0.2) is 4.79 Å². The van der Waals surface area contributed by atoms with Gasteiger partial charge in [-0.1, -0.05) is 48.0 Å². The van der Waals surface area contributed by atoms with Gasteiger partial charge < -0.3 is 10.1 Å². The van der Waals surface area contributed by atoms with E-state index < -0.39 is 6.04 Å². The van der Waals surface area contributed by atoms with E-state index in [1.807, 2.05) is 68.4 Å². The van der Waals surface area contributed by atoms with Gasteiger partial charge in [0, 0.05) is 5.69 Å². The van der Waals surface area contributed by atoms with Crippen molar-refractivity contribution in [1.82, 2.24) is 0 Å². The zero-order chi connectivity index (χ0) is 14.4. The highest BCUT2D eigenvalue weighted by molar-refractivity contribution is 5.81. The maximum absolute atomic E-state index is 12.1. The molecule has 2 rings (SSSR count). The van der Waals surface area contributed by atoms with Crippen molar-refractivity contribution in [1.29, 1.82) is 0 Å². The van der Waals surface area contributed by atoms with Crippen LogP contribution < -0.4 is 5.32 Å². The summed E-state index contributed by atoms with van der Waals surface area (Å²) >= 11 is 0. The van der Waals surface area contributed by atoms with Crippen LogP contribution in [0.4, 0.5) is 5.69 Å². The van der Waals surface area contributed by atoms with Crippen molar-refractivity contribution >= 4 is 11.7 Å². The van der Waals surface area contributed by atoms with E-state index >= 15 is 0 Å². The number of hydrogen-bond donors (Lipinski definition) is 1. The summed E-state index contributed by atoms with van der Waals surface area (Å²) in [6.07, 6.45) is 0. The molecule has 0 radical (unpaired) electrons. The molecule has 1 atom stereocenters. The summed E-state index contributed by atoms with van der Waals surface area (Å²) in [4.78, 5) is 12.1. The van der Waals surface area contributed by atoms with Crippen LogP contribution in [-0.2, 0) is 9.53 Å². The minimum absolute atomic E-state index is 0.264. The van der Waals surface area contributed by atoms with E-state index in [2.05, 4.69) is 5.32 Å². The molecule has 0 saturated carbocycles. The summed E-state index contributed by atoms with van der Waals surface area (Å²) in [5.74, 6) is -0.264. The molecule has 0 aliphatic carbocycles. The normalized spacial score (nSPS) is 11.7. The Morgan fingerprint density at radius 1 is 1.10 bits per heavy atom. The molecule has 0 aliphatic rings. The summed E-state index contributed by atoms with van der Waals surface area (Å²) in [5.41, 5.74) is 2.96. The molecule has 0 saturated heterocycles. The molecule has 0 amide bonds. The Hall–Kier alpha value is -2.29. The Kier molecular flexibility index (Phi) is 4.77. The average molecular weight is 269 g/mol. The quantitative estimate of drug-likeness (QED) is 0.841. The van der Waals surface area contributed by atoms with Crippen LogP contribution >= 0.6 is 0 Å². The number of hydrogen-bond acceptors (Lipinski definition) is 3. The molecule has 0 aromatic heterocycles. The monoisotopic (exact) mass is 269 g/mol. The lowest BCUT2D eigenvalue weighted by molar-refractivity contribution is -0.144. The molecular weight excluding hydrogens is 250 g/mol. The number of para-hydroxylation sites is 1. The molecule has 2 aromatic carbocycles. The third-order valence-electron chi connectivity index (χ3n) is 3.02. The highest BCUT2D eigenvalue weighted by atomic mass is 16.5. The Balaban J connectivity index is 2.25. The largest absolute Gasteiger partial charge is 0.464 e. The fraction of sp³-hybridized carbons (Fsp3) is 0.235. The third kappa shape index (κ3) is 3.60. The van der Waals surface area contributed by atoms with Gasteiger partial charge >= 0.3 is 5.97 Å². The van der Waals surface area contributed by atoms with E-state index in [9.17, 15) is 4.79 Å². The van der Waals surface area contributed by atoms with Gasteiger partial charge in [0.05, 0.1) is 6.61 Å². The number of benzene rings is 2. The molecule has 0 bridgehead atoms. The first kappa shape index (κ1) is 14.1. The summed E-state index contributed by atoms with van der Waals surface area (Å²) in [7, 11) is 0. The number of ether oxygens (including phenoxy) is 1. The van der Waals surface area contributed by atoms with Crippen LogP contribution in [0.3, 0.4) is 0 Å². The summed E-state index contributed by atoms with van der Waals surface area (Å²) < 4.78 is 5.16. The molecule has 0 fully saturated rings. The third-order valence-corrected chi connectivity index (χ3v) is 3.02. The van der Waals surface area contributed by atoms with E-state index in [1.165, 1.54) is 0 Å². The maximum Gasteiger partial charge on any atom is 0.333 e. The minimum atomic E-state index is -0.488. The number of carbonyl (C=O) groups is 1. The smallest absolute Gasteiger partial charge is 0.333 e. The second kappa shape index (κ2) is 6.75. The van der Waals surface area contributed by atoms with Crippen LogP contribution in [0, 0.1) is 6.92 Å². The van der Waals surface area contributed by atoms with Crippen molar-refractivity contribution in [3.63, 3.8) is 0 Å². The van der Waals surface area contributed by atoms with Gasteiger partial charge in [0.15, 0.2) is 6.04 Å². The van der Waals surface area contributed by atoms with E-state index in [-0.39, 0.29) is 5.97 Å². The van der Waals surface area contributed by atoms with Crippen molar-refractivity contribution in [2.75, 3.05) is 11.9 Å². The van der Waals surface area contributed by atoms with Crippen molar-refractivity contribution < 1.29 is 9.53 Å². The predicted octanol–water partition coefficient (Wildman–Crippen LogP) is 3.71. The first-order valence-corrected chi connectivity index (χ1v) is 6.75. The number of anilines is 1. The number of carbonyl (C=O) groups excluding carboxylic acids is 1. The van der Waals surface area contributed by atoms with Crippen LogP contribution in [0.2, 0.25) is 0 Å². The number of esters is 1. The Bertz CT molecular complexity index is 549. The lowest BCUT2D eigenvalue weighted by atomic mass is 10.0. The van der Waals surface area contributed by atoms with Crippen molar-refractivity contribution in [3.8, 4) is 0 Å². The second-order valence-corrected chi connectivity index (χ2v) is 4.61. The fourth-order valence-corrected chi connectivity index (χ4v) is 1.96. The molecule has 20 heavy (non-hydrogen) atoms. The van der Waals surface area contributed by atoms with Crippen molar-refractivity contribution in [2.24, 2.45) is 0 Å². The molecule has 0 spiro atoms. The van der Waals surface area contributed by atoms with Crippen molar-refractivity contribution in [2.45, 2.75) is 19.9 Å². The molecule has 1 unspecified atom stereocenters. The SMILES string of the molecule is CCOC(=O)C(Nc1ccccc1)c1ccc(C)cc1. The zero-order valence-electron chi connectivity index (χ0n) is 11.8. The molecule has 0 heterocycles. The Morgan fingerprint density at radius 2 is 1.75 bits per heavy atom. The molecule has 104 valence electrons. The summed E-state index contributed by atoms with van der Waals surface area (Å²) in [6, 6.07) is 17.1. The van der Waals surface area contributed by atoms with Gasteiger partial charge in [-0.15, -0.1) is 0 Å². The molecule has 1 N–H and O–H groups in total. The van der Waals surface area contributed by atoms with Crippen LogP contribution in [0.5, 0.6) is 0 Å². The lowest BCUT2D eigenvalue weighted by Crippen LogP contribution is -2.23. The Morgan fingerprint density at radius 3 is 2.35 bits per heavy atom. The summed E-state index contributed by atoms with van der Waals surface area (Å²) in [6.45, 7) is 4.21. The van der Waals surface area contributed by atoms with Crippen LogP contribution in [0.1, 0.15) is 24.1 Å². The van der Waals surface area contributed by atoms with Crippen LogP contribution in [0.25, 0.3) is 0 Å². The van der Waals surface area contributed by atoms with Gasteiger partial charge in [-0.05, 0) is 31.5 Å². The van der Waals surface area contributed by atoms with Crippen molar-refractivity contribution in [3.05, 3.63) is 65.7 Å².